The lowest BCUT2D eigenvalue weighted by Gasteiger charge is -2.47. The van der Waals surface area contributed by atoms with Gasteiger partial charge in [0.25, 0.3) is 0 Å². The molecule has 0 unspecified atom stereocenters. The summed E-state index contributed by atoms with van der Waals surface area (Å²) in [5.74, 6) is 0.522. The Bertz CT molecular complexity index is 595. The van der Waals surface area contributed by atoms with Crippen LogP contribution in [0.25, 0.3) is 0 Å². The number of carbonyl (C=O) groups is 1. The van der Waals surface area contributed by atoms with Gasteiger partial charge in [0.1, 0.15) is 0 Å². The van der Waals surface area contributed by atoms with Crippen LogP contribution in [0.3, 0.4) is 0 Å². The molecule has 1 heterocycles. The van der Waals surface area contributed by atoms with Crippen LogP contribution in [-0.2, 0) is 6.18 Å². The number of halogens is 3. The summed E-state index contributed by atoms with van der Waals surface area (Å²) in [6.45, 7) is 6.55. The quantitative estimate of drug-likeness (QED) is 0.737. The molecule has 0 aliphatic carbocycles. The lowest BCUT2D eigenvalue weighted by Crippen LogP contribution is -2.57. The Morgan fingerprint density at radius 1 is 1.25 bits per heavy atom. The van der Waals surface area contributed by atoms with Crippen molar-refractivity contribution < 1.29 is 23.1 Å². The van der Waals surface area contributed by atoms with Crippen LogP contribution in [0.5, 0.6) is 0 Å². The number of carboxylic acid groups (broad SMARTS) is 1. The molecule has 2 rings (SSSR count). The largest absolute Gasteiger partial charge is 0.465 e. The third kappa shape index (κ3) is 3.66. The van der Waals surface area contributed by atoms with Crippen LogP contribution in [0.1, 0.15) is 39.2 Å². The summed E-state index contributed by atoms with van der Waals surface area (Å²) in [5.41, 5.74) is -1.46. The Kier molecular flexibility index (Phi) is 5.14. The van der Waals surface area contributed by atoms with Crippen molar-refractivity contribution in [1.29, 1.82) is 0 Å². The summed E-state index contributed by atoms with van der Waals surface area (Å²) < 4.78 is 37.9. The maximum Gasteiger partial charge on any atom is 0.416 e. The van der Waals surface area contributed by atoms with E-state index in [-0.39, 0.29) is 5.41 Å². The van der Waals surface area contributed by atoms with Crippen molar-refractivity contribution in [1.82, 2.24) is 4.90 Å². The summed E-state index contributed by atoms with van der Waals surface area (Å²) in [5, 5.41) is 9.53. The predicted molar refractivity (Wildman–Crippen MR) is 88.3 cm³/mol. The minimum Gasteiger partial charge on any atom is -0.465 e. The van der Waals surface area contributed by atoms with E-state index in [9.17, 15) is 23.1 Å². The number of hydrogen-bond acceptors (Lipinski definition) is 2. The van der Waals surface area contributed by atoms with Crippen LogP contribution in [0.15, 0.2) is 29.2 Å². The second kappa shape index (κ2) is 6.50. The van der Waals surface area contributed by atoms with Crippen molar-refractivity contribution in [3.63, 3.8) is 0 Å². The number of amides is 1. The van der Waals surface area contributed by atoms with Crippen molar-refractivity contribution in [2.75, 3.05) is 12.3 Å². The second-order valence-electron chi connectivity index (χ2n) is 7.13. The standard InChI is InChI=1S/C17H22F3NO2S/c1-15(2,3)16(9-4-10-21(16)14(22)23)11-24-13-7-5-12(6-8-13)17(18,19)20/h5-8H,4,9-11H2,1-3H3,(H,22,23)/t16-/m1/s1. The molecule has 134 valence electrons. The predicted octanol–water partition coefficient (Wildman–Crippen LogP) is 5.36. The monoisotopic (exact) mass is 361 g/mol. The molecule has 1 fully saturated rings. The van der Waals surface area contributed by atoms with E-state index in [4.69, 9.17) is 0 Å². The minimum absolute atomic E-state index is 0.263. The molecule has 1 atom stereocenters. The van der Waals surface area contributed by atoms with Gasteiger partial charge in [-0.25, -0.2) is 4.79 Å². The summed E-state index contributed by atoms with van der Waals surface area (Å²) >= 11 is 1.41. The van der Waals surface area contributed by atoms with Gasteiger partial charge in [-0.3, -0.25) is 0 Å². The number of alkyl halides is 3. The van der Waals surface area contributed by atoms with Crippen molar-refractivity contribution in [3.8, 4) is 0 Å². The lowest BCUT2D eigenvalue weighted by molar-refractivity contribution is -0.137. The van der Waals surface area contributed by atoms with E-state index in [2.05, 4.69) is 0 Å². The average Bonchev–Trinajstić information content (AvgIpc) is 2.89. The van der Waals surface area contributed by atoms with Gasteiger partial charge in [0.15, 0.2) is 0 Å². The number of rotatable bonds is 3. The van der Waals surface area contributed by atoms with Crippen LogP contribution >= 0.6 is 11.8 Å². The Labute approximate surface area is 144 Å². The van der Waals surface area contributed by atoms with Gasteiger partial charge in [-0.05, 0) is 42.5 Å². The van der Waals surface area contributed by atoms with Gasteiger partial charge in [-0.15, -0.1) is 11.8 Å². The Hall–Kier alpha value is -1.37. The highest BCUT2D eigenvalue weighted by molar-refractivity contribution is 7.99. The van der Waals surface area contributed by atoms with Crippen LogP contribution in [-0.4, -0.2) is 33.9 Å². The van der Waals surface area contributed by atoms with Gasteiger partial charge >= 0.3 is 12.3 Å². The van der Waals surface area contributed by atoms with E-state index in [1.807, 2.05) is 20.8 Å². The first-order valence-electron chi connectivity index (χ1n) is 7.78. The van der Waals surface area contributed by atoms with Crippen LogP contribution in [0.4, 0.5) is 18.0 Å². The van der Waals surface area contributed by atoms with Gasteiger partial charge in [0.05, 0.1) is 11.1 Å². The zero-order chi connectivity index (χ0) is 18.2. The Morgan fingerprint density at radius 2 is 1.83 bits per heavy atom. The van der Waals surface area contributed by atoms with E-state index >= 15 is 0 Å². The fourth-order valence-corrected chi connectivity index (χ4v) is 4.71. The number of likely N-dealkylation sites (tertiary alicyclic amines) is 1. The molecule has 24 heavy (non-hydrogen) atoms. The molecule has 0 saturated carbocycles. The summed E-state index contributed by atoms with van der Waals surface area (Å²) in [6, 6.07) is 5.03. The Balaban J connectivity index is 2.19. The highest BCUT2D eigenvalue weighted by Gasteiger charge is 2.51. The number of nitrogens with zero attached hydrogens (tertiary/aromatic N) is 1. The van der Waals surface area contributed by atoms with Gasteiger partial charge in [-0.1, -0.05) is 20.8 Å². The SMILES string of the molecule is CC(C)(C)[C@]1(CSc2ccc(C(F)(F)F)cc2)CCCN1C(=O)O. The average molecular weight is 361 g/mol. The first kappa shape index (κ1) is 19.0. The topological polar surface area (TPSA) is 40.5 Å². The normalized spacial score (nSPS) is 22.0. The van der Waals surface area contributed by atoms with Crippen molar-refractivity contribution in [2.24, 2.45) is 5.41 Å². The van der Waals surface area contributed by atoms with E-state index in [0.717, 1.165) is 25.0 Å². The van der Waals surface area contributed by atoms with Gasteiger partial charge in [0.2, 0.25) is 0 Å². The molecule has 1 amide bonds. The molecule has 3 nitrogen and oxygen atoms in total. The highest BCUT2D eigenvalue weighted by Crippen LogP contribution is 2.46. The van der Waals surface area contributed by atoms with E-state index < -0.39 is 23.4 Å². The van der Waals surface area contributed by atoms with Crippen molar-refractivity contribution in [2.45, 2.75) is 50.2 Å². The zero-order valence-corrected chi connectivity index (χ0v) is 14.8. The first-order chi connectivity index (χ1) is 11.0. The molecule has 1 aromatic rings. The maximum absolute atomic E-state index is 12.6. The molecule has 1 aliphatic rings. The molecular weight excluding hydrogens is 339 g/mol. The molecule has 0 spiro atoms. The molecule has 7 heteroatoms. The molecule has 0 bridgehead atoms. The molecule has 0 aromatic heterocycles. The number of hydrogen-bond donors (Lipinski definition) is 1. The van der Waals surface area contributed by atoms with Crippen molar-refractivity contribution in [3.05, 3.63) is 29.8 Å². The first-order valence-corrected chi connectivity index (χ1v) is 8.76. The smallest absolute Gasteiger partial charge is 0.416 e. The summed E-state index contributed by atoms with van der Waals surface area (Å²) in [6.07, 6.45) is -3.72. The molecular formula is C17H22F3NO2S. The highest BCUT2D eigenvalue weighted by atomic mass is 32.2. The Morgan fingerprint density at radius 3 is 2.29 bits per heavy atom. The zero-order valence-electron chi connectivity index (χ0n) is 14.0. The van der Waals surface area contributed by atoms with Crippen LogP contribution < -0.4 is 0 Å². The number of thioether (sulfide) groups is 1. The molecule has 1 aromatic carbocycles. The maximum atomic E-state index is 12.6. The summed E-state index contributed by atoms with van der Waals surface area (Å²) in [4.78, 5) is 13.8. The van der Waals surface area contributed by atoms with Crippen LogP contribution in [0, 0.1) is 5.41 Å². The van der Waals surface area contributed by atoms with Crippen molar-refractivity contribution >= 4 is 17.9 Å². The van der Waals surface area contributed by atoms with E-state index in [0.29, 0.717) is 17.2 Å². The molecule has 1 saturated heterocycles. The number of benzene rings is 1. The molecule has 0 radical (unpaired) electrons. The fourth-order valence-electron chi connectivity index (χ4n) is 3.25. The lowest BCUT2D eigenvalue weighted by atomic mass is 9.73. The van der Waals surface area contributed by atoms with E-state index in [1.54, 1.807) is 0 Å². The molecule has 1 N–H and O–H groups in total. The fraction of sp³-hybridized carbons (Fsp3) is 0.588. The van der Waals surface area contributed by atoms with Gasteiger partial charge < -0.3 is 10.0 Å². The van der Waals surface area contributed by atoms with Crippen LogP contribution in [0.2, 0.25) is 0 Å². The second-order valence-corrected chi connectivity index (χ2v) is 8.18. The third-order valence-electron chi connectivity index (χ3n) is 4.77. The molecule has 1 aliphatic heterocycles. The van der Waals surface area contributed by atoms with E-state index in [1.165, 1.54) is 28.8 Å². The van der Waals surface area contributed by atoms with Gasteiger partial charge in [0, 0.05) is 17.2 Å². The third-order valence-corrected chi connectivity index (χ3v) is 6.00. The van der Waals surface area contributed by atoms with Gasteiger partial charge in [-0.2, -0.15) is 13.2 Å². The minimum atomic E-state index is -4.35. The summed E-state index contributed by atoms with van der Waals surface area (Å²) in [7, 11) is 0.